The number of para-hydroxylation sites is 1. The van der Waals surface area contributed by atoms with E-state index in [-0.39, 0.29) is 18.4 Å². The van der Waals surface area contributed by atoms with E-state index >= 15 is 0 Å². The lowest BCUT2D eigenvalue weighted by atomic mass is 10.00. The number of hydrogen-bond donors (Lipinski definition) is 1. The third-order valence-electron chi connectivity index (χ3n) is 4.56. The van der Waals surface area contributed by atoms with Gasteiger partial charge < -0.3 is 15.4 Å². The zero-order chi connectivity index (χ0) is 17.8. The number of amides is 2. The monoisotopic (exact) mass is 338 g/mol. The Morgan fingerprint density at radius 2 is 1.92 bits per heavy atom. The number of nitrogens with two attached hydrogens (primary N) is 1. The highest BCUT2D eigenvalue weighted by atomic mass is 16.5. The Labute approximate surface area is 147 Å². The van der Waals surface area contributed by atoms with Crippen LogP contribution in [0.25, 0.3) is 0 Å². The predicted octanol–water partition coefficient (Wildman–Crippen LogP) is 2.18. The summed E-state index contributed by atoms with van der Waals surface area (Å²) < 4.78 is 5.64. The standard InChI is InChI=1S/C20H22N2O3/c1-22(16(13-18(21)23)12-14-6-3-2-4-7-14)20(24)17-9-5-8-15-10-11-25-19(15)17/h2-9,16H,10-13H2,1H3,(H2,21,23). The summed E-state index contributed by atoms with van der Waals surface area (Å²) in [6, 6.07) is 15.1. The molecular formula is C20H22N2O3. The van der Waals surface area contributed by atoms with Crippen molar-refractivity contribution in [3.63, 3.8) is 0 Å². The molecule has 2 amide bonds. The second-order valence-electron chi connectivity index (χ2n) is 6.32. The Hall–Kier alpha value is -2.82. The van der Waals surface area contributed by atoms with Crippen molar-refractivity contribution in [3.8, 4) is 5.75 Å². The number of rotatable bonds is 6. The Morgan fingerprint density at radius 1 is 1.16 bits per heavy atom. The van der Waals surface area contributed by atoms with Crippen molar-refractivity contribution in [2.75, 3.05) is 13.7 Å². The molecule has 0 aliphatic carbocycles. The van der Waals surface area contributed by atoms with Crippen LogP contribution in [-0.2, 0) is 17.6 Å². The van der Waals surface area contributed by atoms with Crippen molar-refractivity contribution < 1.29 is 14.3 Å². The summed E-state index contributed by atoms with van der Waals surface area (Å²) in [6.45, 7) is 0.595. The van der Waals surface area contributed by atoms with Crippen LogP contribution < -0.4 is 10.5 Å². The summed E-state index contributed by atoms with van der Waals surface area (Å²) >= 11 is 0. The molecule has 1 aliphatic heterocycles. The van der Waals surface area contributed by atoms with Gasteiger partial charge in [-0.15, -0.1) is 0 Å². The summed E-state index contributed by atoms with van der Waals surface area (Å²) in [5.41, 5.74) is 8.06. The molecule has 130 valence electrons. The van der Waals surface area contributed by atoms with E-state index in [1.165, 1.54) is 0 Å². The molecule has 0 saturated heterocycles. The second-order valence-corrected chi connectivity index (χ2v) is 6.32. The Bertz CT molecular complexity index is 774. The van der Waals surface area contributed by atoms with Gasteiger partial charge in [-0.3, -0.25) is 9.59 Å². The molecular weight excluding hydrogens is 316 g/mol. The van der Waals surface area contributed by atoms with Crippen LogP contribution in [0.5, 0.6) is 5.75 Å². The van der Waals surface area contributed by atoms with E-state index in [0.717, 1.165) is 17.5 Å². The van der Waals surface area contributed by atoms with Gasteiger partial charge in [0.05, 0.1) is 12.2 Å². The van der Waals surface area contributed by atoms with Crippen LogP contribution in [-0.4, -0.2) is 36.4 Å². The summed E-state index contributed by atoms with van der Waals surface area (Å²) in [5, 5.41) is 0. The van der Waals surface area contributed by atoms with Gasteiger partial charge in [0.15, 0.2) is 0 Å². The van der Waals surface area contributed by atoms with Crippen molar-refractivity contribution in [1.29, 1.82) is 0 Å². The zero-order valence-electron chi connectivity index (χ0n) is 14.3. The van der Waals surface area contributed by atoms with E-state index in [2.05, 4.69) is 0 Å². The molecule has 5 heteroatoms. The number of ether oxygens (including phenoxy) is 1. The maximum absolute atomic E-state index is 13.0. The fourth-order valence-corrected chi connectivity index (χ4v) is 3.20. The SMILES string of the molecule is CN(C(=O)c1cccc2c1OCC2)C(CC(N)=O)Cc1ccccc1. The number of nitrogens with zero attached hydrogens (tertiary/aromatic N) is 1. The first kappa shape index (κ1) is 17.0. The van der Waals surface area contributed by atoms with Crippen molar-refractivity contribution in [3.05, 3.63) is 65.2 Å². The topological polar surface area (TPSA) is 72.6 Å². The van der Waals surface area contributed by atoms with Gasteiger partial charge in [0.25, 0.3) is 5.91 Å². The number of likely N-dealkylation sites (N-methyl/N-ethyl adjacent to an activating group) is 1. The number of benzene rings is 2. The molecule has 25 heavy (non-hydrogen) atoms. The van der Waals surface area contributed by atoms with Crippen LogP contribution in [0.1, 0.15) is 27.9 Å². The molecule has 0 aromatic heterocycles. The van der Waals surface area contributed by atoms with Crippen LogP contribution >= 0.6 is 0 Å². The van der Waals surface area contributed by atoms with Crippen LogP contribution in [0.15, 0.2) is 48.5 Å². The summed E-state index contributed by atoms with van der Waals surface area (Å²) in [4.78, 5) is 26.1. The van der Waals surface area contributed by atoms with E-state index in [1.54, 1.807) is 18.0 Å². The molecule has 1 atom stereocenters. The fraction of sp³-hybridized carbons (Fsp3) is 0.300. The molecule has 0 spiro atoms. The molecule has 2 aromatic rings. The molecule has 1 aliphatic rings. The van der Waals surface area contributed by atoms with Crippen LogP contribution in [0.2, 0.25) is 0 Å². The van der Waals surface area contributed by atoms with Crippen LogP contribution in [0.4, 0.5) is 0 Å². The molecule has 1 heterocycles. The zero-order valence-corrected chi connectivity index (χ0v) is 14.3. The molecule has 0 saturated carbocycles. The van der Waals surface area contributed by atoms with E-state index < -0.39 is 5.91 Å². The highest BCUT2D eigenvalue weighted by Crippen LogP contribution is 2.30. The largest absolute Gasteiger partial charge is 0.492 e. The number of hydrogen-bond acceptors (Lipinski definition) is 3. The third kappa shape index (κ3) is 3.82. The Balaban J connectivity index is 1.84. The smallest absolute Gasteiger partial charge is 0.257 e. The third-order valence-corrected chi connectivity index (χ3v) is 4.56. The van der Waals surface area contributed by atoms with Gasteiger partial charge in [0.2, 0.25) is 5.91 Å². The summed E-state index contributed by atoms with van der Waals surface area (Å²) in [6.07, 6.45) is 1.50. The van der Waals surface area contributed by atoms with E-state index in [4.69, 9.17) is 10.5 Å². The lowest BCUT2D eigenvalue weighted by molar-refractivity contribution is -0.118. The van der Waals surface area contributed by atoms with Gasteiger partial charge in [-0.1, -0.05) is 42.5 Å². The highest BCUT2D eigenvalue weighted by molar-refractivity contribution is 5.97. The van der Waals surface area contributed by atoms with Crippen molar-refractivity contribution in [1.82, 2.24) is 4.90 Å². The Kier molecular flexibility index (Phi) is 5.03. The van der Waals surface area contributed by atoms with Crippen LogP contribution in [0, 0.1) is 0 Å². The van der Waals surface area contributed by atoms with Gasteiger partial charge in [0, 0.05) is 25.9 Å². The lowest BCUT2D eigenvalue weighted by Gasteiger charge is -2.28. The molecule has 0 radical (unpaired) electrons. The number of carbonyl (C=O) groups is 2. The van der Waals surface area contributed by atoms with E-state index in [1.807, 2.05) is 42.5 Å². The maximum Gasteiger partial charge on any atom is 0.257 e. The first-order chi connectivity index (χ1) is 12.1. The molecule has 5 nitrogen and oxygen atoms in total. The normalized spacial score (nSPS) is 13.6. The van der Waals surface area contributed by atoms with Gasteiger partial charge >= 0.3 is 0 Å². The summed E-state index contributed by atoms with van der Waals surface area (Å²) in [7, 11) is 1.72. The Morgan fingerprint density at radius 3 is 2.64 bits per heavy atom. The van der Waals surface area contributed by atoms with Gasteiger partial charge in [-0.25, -0.2) is 0 Å². The van der Waals surface area contributed by atoms with Crippen molar-refractivity contribution in [2.45, 2.75) is 25.3 Å². The first-order valence-electron chi connectivity index (χ1n) is 8.40. The molecule has 1 unspecified atom stereocenters. The number of carbonyl (C=O) groups excluding carboxylic acids is 2. The van der Waals surface area contributed by atoms with E-state index in [0.29, 0.717) is 24.3 Å². The van der Waals surface area contributed by atoms with Crippen molar-refractivity contribution in [2.24, 2.45) is 5.73 Å². The lowest BCUT2D eigenvalue weighted by Crippen LogP contribution is -2.41. The van der Waals surface area contributed by atoms with Crippen LogP contribution in [0.3, 0.4) is 0 Å². The number of fused-ring (bicyclic) bond motifs is 1. The highest BCUT2D eigenvalue weighted by Gasteiger charge is 2.27. The number of primary amides is 1. The molecule has 2 aromatic carbocycles. The van der Waals surface area contributed by atoms with Gasteiger partial charge in [-0.05, 0) is 23.6 Å². The average molecular weight is 338 g/mol. The molecule has 3 rings (SSSR count). The first-order valence-corrected chi connectivity index (χ1v) is 8.40. The molecule has 2 N–H and O–H groups in total. The minimum atomic E-state index is -0.421. The van der Waals surface area contributed by atoms with Gasteiger partial charge in [0.1, 0.15) is 5.75 Å². The quantitative estimate of drug-likeness (QED) is 0.877. The molecule has 0 fully saturated rings. The minimum Gasteiger partial charge on any atom is -0.492 e. The fourth-order valence-electron chi connectivity index (χ4n) is 3.20. The second kappa shape index (κ2) is 7.38. The predicted molar refractivity (Wildman–Crippen MR) is 95.5 cm³/mol. The van der Waals surface area contributed by atoms with E-state index in [9.17, 15) is 9.59 Å². The molecule has 0 bridgehead atoms. The maximum atomic E-state index is 13.0. The van der Waals surface area contributed by atoms with Crippen molar-refractivity contribution >= 4 is 11.8 Å². The summed E-state index contributed by atoms with van der Waals surface area (Å²) in [5.74, 6) is 0.0907. The van der Waals surface area contributed by atoms with Gasteiger partial charge in [-0.2, -0.15) is 0 Å². The minimum absolute atomic E-state index is 0.118. The average Bonchev–Trinajstić information content (AvgIpc) is 3.09.